The summed E-state index contributed by atoms with van der Waals surface area (Å²) in [6, 6.07) is -1.12. The highest BCUT2D eigenvalue weighted by atomic mass is 16.3. The number of amides is 6. The number of rotatable bonds is 0. The summed E-state index contributed by atoms with van der Waals surface area (Å²) in [6.07, 6.45) is -2.65. The second-order valence-corrected chi connectivity index (χ2v) is 3.53. The Bertz CT molecular complexity index is 390. The molecule has 0 aromatic rings. The number of aliphatic hydroxyl groups is 2. The van der Waals surface area contributed by atoms with Crippen molar-refractivity contribution >= 4 is 23.9 Å². The molecule has 6 amide bonds. The van der Waals surface area contributed by atoms with Gasteiger partial charge >= 0.3 is 12.1 Å². The Morgan fingerprint density at radius 3 is 1.72 bits per heavy atom. The first kappa shape index (κ1) is 13.9. The minimum atomic E-state index is -1.34. The fourth-order valence-electron chi connectivity index (χ4n) is 1.10. The second-order valence-electron chi connectivity index (χ2n) is 3.53. The van der Waals surface area contributed by atoms with E-state index >= 15 is 0 Å². The number of imide groups is 2. The summed E-state index contributed by atoms with van der Waals surface area (Å²) in [5.74, 6) is -1.28. The molecule has 2 atom stereocenters. The summed E-state index contributed by atoms with van der Waals surface area (Å²) in [7, 11) is 2.64. The Morgan fingerprint density at radius 1 is 1.06 bits per heavy atom. The van der Waals surface area contributed by atoms with Crippen molar-refractivity contribution in [2.24, 2.45) is 0 Å². The smallest absolute Gasteiger partial charge is 0.326 e. The van der Waals surface area contributed by atoms with Gasteiger partial charge in [0, 0.05) is 14.1 Å². The van der Waals surface area contributed by atoms with Crippen LogP contribution in [0.2, 0.25) is 0 Å². The number of nitrogens with zero attached hydrogens (tertiary/aromatic N) is 2. The molecule has 0 radical (unpaired) electrons. The summed E-state index contributed by atoms with van der Waals surface area (Å²) in [5, 5.41) is 21.3. The highest BCUT2D eigenvalue weighted by Crippen LogP contribution is 2.00. The number of carbonyl (C=O) groups excluding carboxylic acids is 4. The quantitative estimate of drug-likeness (QED) is 0.342. The standard InChI is InChI=1S/2C4H6N2O3/c2*1-6-3(8)2(7)5-4(6)9/h3,8H,1H3,(H,5,7,9);2,7H,1H3,(H,5,9). The van der Waals surface area contributed by atoms with Crippen LogP contribution >= 0.6 is 0 Å². The fraction of sp³-hybridized carbons (Fsp3) is 0.500. The van der Waals surface area contributed by atoms with E-state index in [1.807, 2.05) is 10.6 Å². The van der Waals surface area contributed by atoms with Crippen molar-refractivity contribution in [3.63, 3.8) is 0 Å². The van der Waals surface area contributed by atoms with Crippen LogP contribution in [0.5, 0.6) is 0 Å². The molecule has 0 saturated carbocycles. The average Bonchev–Trinajstić information content (AvgIpc) is 2.66. The molecule has 2 aliphatic heterocycles. The number of hydrogen-bond donors (Lipinski definition) is 4. The van der Waals surface area contributed by atoms with E-state index in [0.717, 1.165) is 9.80 Å². The molecule has 2 rings (SSSR count). The van der Waals surface area contributed by atoms with Crippen molar-refractivity contribution in [3.05, 3.63) is 0 Å². The van der Waals surface area contributed by atoms with Gasteiger partial charge in [-0.05, 0) is 0 Å². The van der Waals surface area contributed by atoms with Crippen LogP contribution in [0.4, 0.5) is 9.59 Å². The number of urea groups is 2. The van der Waals surface area contributed by atoms with Gasteiger partial charge in [-0.1, -0.05) is 0 Å². The summed E-state index contributed by atoms with van der Waals surface area (Å²) in [5.41, 5.74) is 0. The van der Waals surface area contributed by atoms with Gasteiger partial charge in [-0.3, -0.25) is 24.7 Å². The first-order chi connectivity index (χ1) is 8.25. The van der Waals surface area contributed by atoms with Crippen LogP contribution in [-0.2, 0) is 9.59 Å². The highest BCUT2D eigenvalue weighted by molar-refractivity contribution is 6.03. The summed E-state index contributed by atoms with van der Waals surface area (Å²) >= 11 is 0. The number of likely N-dealkylation sites (N-methyl/N-ethyl adjacent to an activating group) is 2. The lowest BCUT2D eigenvalue weighted by atomic mass is 10.5. The van der Waals surface area contributed by atoms with Crippen LogP contribution in [0.25, 0.3) is 0 Å². The number of aliphatic hydroxyl groups excluding tert-OH is 2. The topological polar surface area (TPSA) is 139 Å². The lowest BCUT2D eigenvalue weighted by molar-refractivity contribution is -0.133. The summed E-state index contributed by atoms with van der Waals surface area (Å²) < 4.78 is 0. The summed E-state index contributed by atoms with van der Waals surface area (Å²) in [4.78, 5) is 43.5. The third kappa shape index (κ3) is 2.55. The molecule has 10 heteroatoms. The lowest BCUT2D eigenvalue weighted by Crippen LogP contribution is -2.30. The van der Waals surface area contributed by atoms with Gasteiger partial charge in [-0.25, -0.2) is 9.59 Å². The molecule has 0 aliphatic carbocycles. The Labute approximate surface area is 101 Å². The maximum Gasteiger partial charge on any atom is 0.326 e. The molecule has 2 aliphatic rings. The van der Waals surface area contributed by atoms with Crippen molar-refractivity contribution < 1.29 is 29.4 Å². The predicted molar refractivity (Wildman–Crippen MR) is 54.6 cm³/mol. The maximum atomic E-state index is 10.5. The van der Waals surface area contributed by atoms with Crippen LogP contribution in [-0.4, -0.2) is 70.4 Å². The molecule has 0 aromatic heterocycles. The zero-order valence-corrected chi connectivity index (χ0v) is 9.58. The molecule has 2 unspecified atom stereocenters. The van der Waals surface area contributed by atoms with Crippen LogP contribution in [0.15, 0.2) is 0 Å². The molecule has 10 nitrogen and oxygen atoms in total. The van der Waals surface area contributed by atoms with E-state index in [4.69, 9.17) is 10.2 Å². The van der Waals surface area contributed by atoms with Crippen LogP contribution in [0, 0.1) is 0 Å². The maximum absolute atomic E-state index is 10.5. The average molecular weight is 260 g/mol. The molecule has 0 bridgehead atoms. The van der Waals surface area contributed by atoms with Crippen LogP contribution in [0.1, 0.15) is 0 Å². The van der Waals surface area contributed by atoms with Gasteiger partial charge in [0.1, 0.15) is 0 Å². The van der Waals surface area contributed by atoms with Crippen molar-refractivity contribution in [2.75, 3.05) is 14.1 Å². The Hall–Kier alpha value is -2.20. The molecule has 0 aromatic carbocycles. The van der Waals surface area contributed by atoms with Crippen LogP contribution in [0.3, 0.4) is 0 Å². The molecule has 4 N–H and O–H groups in total. The van der Waals surface area contributed by atoms with E-state index in [1.165, 1.54) is 14.1 Å². The SMILES string of the molecule is CN1C(=O)NC(=O)C1O.CN1C(=O)NC(O)C1=O. The van der Waals surface area contributed by atoms with E-state index in [-0.39, 0.29) is 0 Å². The van der Waals surface area contributed by atoms with E-state index < -0.39 is 36.3 Å². The van der Waals surface area contributed by atoms with Gasteiger partial charge < -0.3 is 15.5 Å². The largest absolute Gasteiger partial charge is 0.365 e. The Balaban J connectivity index is 0.000000180. The van der Waals surface area contributed by atoms with Crippen molar-refractivity contribution in [3.8, 4) is 0 Å². The third-order valence-electron chi connectivity index (χ3n) is 2.28. The molecular weight excluding hydrogens is 248 g/mol. The molecular formula is C8H12N4O6. The Morgan fingerprint density at radius 2 is 1.61 bits per heavy atom. The fourth-order valence-corrected chi connectivity index (χ4v) is 1.10. The minimum Gasteiger partial charge on any atom is -0.365 e. The van der Waals surface area contributed by atoms with E-state index in [9.17, 15) is 19.2 Å². The first-order valence-corrected chi connectivity index (χ1v) is 4.77. The van der Waals surface area contributed by atoms with E-state index in [0.29, 0.717) is 0 Å². The van der Waals surface area contributed by atoms with Gasteiger partial charge in [0.25, 0.3) is 11.8 Å². The van der Waals surface area contributed by atoms with E-state index in [2.05, 4.69) is 0 Å². The normalized spacial score (nSPS) is 26.9. The monoisotopic (exact) mass is 260 g/mol. The lowest BCUT2D eigenvalue weighted by Gasteiger charge is -2.07. The van der Waals surface area contributed by atoms with Crippen molar-refractivity contribution in [2.45, 2.75) is 12.5 Å². The Kier molecular flexibility index (Phi) is 3.83. The second kappa shape index (κ2) is 4.98. The molecule has 100 valence electrons. The highest BCUT2D eigenvalue weighted by Gasteiger charge is 2.33. The first-order valence-electron chi connectivity index (χ1n) is 4.77. The van der Waals surface area contributed by atoms with Crippen LogP contribution < -0.4 is 10.6 Å². The number of hydrogen-bond acceptors (Lipinski definition) is 6. The zero-order chi connectivity index (χ0) is 14.0. The van der Waals surface area contributed by atoms with Gasteiger partial charge in [-0.15, -0.1) is 0 Å². The molecule has 18 heavy (non-hydrogen) atoms. The van der Waals surface area contributed by atoms with Gasteiger partial charge in [-0.2, -0.15) is 0 Å². The third-order valence-corrected chi connectivity index (χ3v) is 2.28. The molecule has 2 fully saturated rings. The molecule has 2 heterocycles. The number of nitrogens with one attached hydrogen (secondary N) is 2. The molecule has 2 saturated heterocycles. The zero-order valence-electron chi connectivity index (χ0n) is 9.58. The molecule has 0 spiro atoms. The predicted octanol–water partition coefficient (Wildman–Crippen LogP) is -3.03. The van der Waals surface area contributed by atoms with Gasteiger partial charge in [0.05, 0.1) is 0 Å². The van der Waals surface area contributed by atoms with Crippen molar-refractivity contribution in [1.29, 1.82) is 0 Å². The number of carbonyl (C=O) groups is 4. The summed E-state index contributed by atoms with van der Waals surface area (Å²) in [6.45, 7) is 0. The van der Waals surface area contributed by atoms with Gasteiger partial charge in [0.2, 0.25) is 12.5 Å². The van der Waals surface area contributed by atoms with E-state index in [1.54, 1.807) is 0 Å². The van der Waals surface area contributed by atoms with Crippen molar-refractivity contribution in [1.82, 2.24) is 20.4 Å². The van der Waals surface area contributed by atoms with Gasteiger partial charge in [0.15, 0.2) is 0 Å². The minimum absolute atomic E-state index is 0.562.